The number of rotatable bonds is 5. The summed E-state index contributed by atoms with van der Waals surface area (Å²) in [4.78, 5) is 4.37. The standard InChI is InChI=1S/C13H14Cl2N2S/c1-2-6-16-12(13-17-7-8-18-13)9-4-3-5-10(14)11(9)15/h3-5,7-8,12,16H,2,6H2,1H3. The number of nitrogens with zero attached hydrogens (tertiary/aromatic N) is 1. The van der Waals surface area contributed by atoms with Crippen LogP contribution in [0, 0.1) is 0 Å². The number of thiazole rings is 1. The topological polar surface area (TPSA) is 24.9 Å². The van der Waals surface area contributed by atoms with E-state index in [9.17, 15) is 0 Å². The van der Waals surface area contributed by atoms with Gasteiger partial charge in [0.05, 0.1) is 16.1 Å². The normalized spacial score (nSPS) is 12.6. The zero-order valence-corrected chi connectivity index (χ0v) is 12.3. The number of aromatic nitrogens is 1. The van der Waals surface area contributed by atoms with Crippen molar-refractivity contribution in [1.29, 1.82) is 0 Å². The molecule has 2 nitrogen and oxygen atoms in total. The molecular formula is C13H14Cl2N2S. The molecule has 1 unspecified atom stereocenters. The van der Waals surface area contributed by atoms with E-state index < -0.39 is 0 Å². The molecule has 0 saturated heterocycles. The summed E-state index contributed by atoms with van der Waals surface area (Å²) in [5.74, 6) is 0. The molecule has 2 aromatic rings. The Kier molecular flexibility index (Phi) is 5.01. The van der Waals surface area contributed by atoms with Crippen LogP contribution in [0.25, 0.3) is 0 Å². The summed E-state index contributed by atoms with van der Waals surface area (Å²) in [6.45, 7) is 3.04. The SMILES string of the molecule is CCCNC(c1nccs1)c1cccc(Cl)c1Cl. The highest BCUT2D eigenvalue weighted by molar-refractivity contribution is 7.09. The molecule has 1 heterocycles. The number of nitrogens with one attached hydrogen (secondary N) is 1. The monoisotopic (exact) mass is 300 g/mol. The van der Waals surface area contributed by atoms with Gasteiger partial charge >= 0.3 is 0 Å². The molecule has 0 bridgehead atoms. The van der Waals surface area contributed by atoms with E-state index in [2.05, 4.69) is 17.2 Å². The Morgan fingerprint density at radius 1 is 1.39 bits per heavy atom. The fraction of sp³-hybridized carbons (Fsp3) is 0.308. The highest BCUT2D eigenvalue weighted by Crippen LogP contribution is 2.33. The van der Waals surface area contributed by atoms with Gasteiger partial charge in [-0.15, -0.1) is 11.3 Å². The van der Waals surface area contributed by atoms with Crippen LogP contribution in [0.15, 0.2) is 29.8 Å². The maximum atomic E-state index is 6.29. The van der Waals surface area contributed by atoms with Gasteiger partial charge in [0.2, 0.25) is 0 Å². The van der Waals surface area contributed by atoms with E-state index in [1.54, 1.807) is 23.6 Å². The summed E-state index contributed by atoms with van der Waals surface area (Å²) in [6.07, 6.45) is 2.86. The summed E-state index contributed by atoms with van der Waals surface area (Å²) in [7, 11) is 0. The van der Waals surface area contributed by atoms with Crippen LogP contribution in [0.1, 0.15) is 30.0 Å². The molecule has 5 heteroatoms. The van der Waals surface area contributed by atoms with Gasteiger partial charge in [-0.2, -0.15) is 0 Å². The van der Waals surface area contributed by atoms with Crippen molar-refractivity contribution in [1.82, 2.24) is 10.3 Å². The van der Waals surface area contributed by atoms with E-state index in [0.29, 0.717) is 10.0 Å². The predicted octanol–water partition coefficient (Wildman–Crippen LogP) is 4.54. The summed E-state index contributed by atoms with van der Waals surface area (Å²) in [5, 5.41) is 7.61. The fourth-order valence-electron chi connectivity index (χ4n) is 1.74. The predicted molar refractivity (Wildman–Crippen MR) is 78.7 cm³/mol. The van der Waals surface area contributed by atoms with Crippen molar-refractivity contribution < 1.29 is 0 Å². The van der Waals surface area contributed by atoms with Gasteiger partial charge in [0.1, 0.15) is 5.01 Å². The molecule has 1 aromatic heterocycles. The first kappa shape index (κ1) is 13.8. The van der Waals surface area contributed by atoms with Gasteiger partial charge in [-0.05, 0) is 24.6 Å². The Hall–Kier alpha value is -0.610. The lowest BCUT2D eigenvalue weighted by atomic mass is 10.1. The lowest BCUT2D eigenvalue weighted by Crippen LogP contribution is -2.23. The fourth-order valence-corrected chi connectivity index (χ4v) is 2.89. The zero-order valence-electron chi connectivity index (χ0n) is 9.99. The average molecular weight is 301 g/mol. The van der Waals surface area contributed by atoms with Crippen molar-refractivity contribution >= 4 is 34.5 Å². The number of halogens is 2. The molecule has 0 saturated carbocycles. The van der Waals surface area contributed by atoms with Crippen LogP contribution in [0.2, 0.25) is 10.0 Å². The second-order valence-electron chi connectivity index (χ2n) is 3.90. The van der Waals surface area contributed by atoms with Crippen molar-refractivity contribution in [2.45, 2.75) is 19.4 Å². The van der Waals surface area contributed by atoms with Crippen molar-refractivity contribution in [2.75, 3.05) is 6.54 Å². The lowest BCUT2D eigenvalue weighted by molar-refractivity contribution is 0.596. The van der Waals surface area contributed by atoms with Gasteiger partial charge in [-0.3, -0.25) is 0 Å². The smallest absolute Gasteiger partial charge is 0.114 e. The molecule has 0 aliphatic heterocycles. The molecule has 1 aromatic carbocycles. The Morgan fingerprint density at radius 2 is 2.22 bits per heavy atom. The zero-order chi connectivity index (χ0) is 13.0. The van der Waals surface area contributed by atoms with Gasteiger partial charge in [0.25, 0.3) is 0 Å². The first-order valence-electron chi connectivity index (χ1n) is 5.80. The van der Waals surface area contributed by atoms with Crippen LogP contribution in [-0.2, 0) is 0 Å². The van der Waals surface area contributed by atoms with Crippen molar-refractivity contribution in [3.05, 3.63) is 50.4 Å². The van der Waals surface area contributed by atoms with E-state index in [1.165, 1.54) is 0 Å². The summed E-state index contributed by atoms with van der Waals surface area (Å²) in [5.41, 5.74) is 0.979. The number of benzene rings is 1. The Balaban J connectivity index is 2.37. The minimum Gasteiger partial charge on any atom is -0.304 e. The molecule has 2 rings (SSSR count). The van der Waals surface area contributed by atoms with Gasteiger partial charge < -0.3 is 5.32 Å². The Bertz CT molecular complexity index is 500. The maximum absolute atomic E-state index is 6.29. The van der Waals surface area contributed by atoms with Crippen LogP contribution in [0.3, 0.4) is 0 Å². The molecule has 0 aliphatic carbocycles. The van der Waals surface area contributed by atoms with Crippen molar-refractivity contribution in [3.8, 4) is 0 Å². The molecule has 1 N–H and O–H groups in total. The second-order valence-corrected chi connectivity index (χ2v) is 5.61. The minimum absolute atomic E-state index is 0.0103. The van der Waals surface area contributed by atoms with Crippen LogP contribution >= 0.6 is 34.5 Å². The van der Waals surface area contributed by atoms with Crippen LogP contribution in [0.5, 0.6) is 0 Å². The maximum Gasteiger partial charge on any atom is 0.114 e. The number of hydrogen-bond acceptors (Lipinski definition) is 3. The Morgan fingerprint density at radius 3 is 2.89 bits per heavy atom. The summed E-state index contributed by atoms with van der Waals surface area (Å²) in [6, 6.07) is 5.71. The van der Waals surface area contributed by atoms with Gasteiger partial charge in [0.15, 0.2) is 0 Å². The molecule has 0 amide bonds. The third-order valence-corrected chi connectivity index (χ3v) is 4.26. The van der Waals surface area contributed by atoms with Crippen LogP contribution < -0.4 is 5.32 Å². The first-order valence-corrected chi connectivity index (χ1v) is 7.44. The van der Waals surface area contributed by atoms with E-state index in [1.807, 2.05) is 17.5 Å². The van der Waals surface area contributed by atoms with Crippen molar-refractivity contribution in [2.24, 2.45) is 0 Å². The second kappa shape index (κ2) is 6.53. The van der Waals surface area contributed by atoms with Crippen molar-refractivity contribution in [3.63, 3.8) is 0 Å². The molecular weight excluding hydrogens is 287 g/mol. The molecule has 0 radical (unpaired) electrons. The van der Waals surface area contributed by atoms with Gasteiger partial charge in [0, 0.05) is 11.6 Å². The average Bonchev–Trinajstić information content (AvgIpc) is 2.88. The molecule has 0 spiro atoms. The van der Waals surface area contributed by atoms with E-state index in [4.69, 9.17) is 23.2 Å². The highest BCUT2D eigenvalue weighted by Gasteiger charge is 2.19. The van der Waals surface area contributed by atoms with E-state index in [0.717, 1.165) is 23.5 Å². The molecule has 1 atom stereocenters. The molecule has 0 aliphatic rings. The minimum atomic E-state index is 0.0103. The first-order chi connectivity index (χ1) is 8.74. The lowest BCUT2D eigenvalue weighted by Gasteiger charge is -2.18. The summed E-state index contributed by atoms with van der Waals surface area (Å²) >= 11 is 14.0. The van der Waals surface area contributed by atoms with Gasteiger partial charge in [-0.1, -0.05) is 42.3 Å². The third-order valence-electron chi connectivity index (χ3n) is 2.59. The Labute approximate surface area is 121 Å². The quantitative estimate of drug-likeness (QED) is 0.877. The largest absolute Gasteiger partial charge is 0.304 e. The van der Waals surface area contributed by atoms with E-state index >= 15 is 0 Å². The van der Waals surface area contributed by atoms with Gasteiger partial charge in [-0.25, -0.2) is 4.98 Å². The van der Waals surface area contributed by atoms with Crippen LogP contribution in [0.4, 0.5) is 0 Å². The molecule has 18 heavy (non-hydrogen) atoms. The van der Waals surface area contributed by atoms with Crippen LogP contribution in [-0.4, -0.2) is 11.5 Å². The highest BCUT2D eigenvalue weighted by atomic mass is 35.5. The summed E-state index contributed by atoms with van der Waals surface area (Å²) < 4.78 is 0. The molecule has 96 valence electrons. The number of hydrogen-bond donors (Lipinski definition) is 1. The third kappa shape index (κ3) is 3.04. The molecule has 0 fully saturated rings. The van der Waals surface area contributed by atoms with E-state index in [-0.39, 0.29) is 6.04 Å².